The predicted molar refractivity (Wildman–Crippen MR) is 119 cm³/mol. The molecule has 0 atom stereocenters. The summed E-state index contributed by atoms with van der Waals surface area (Å²) < 4.78 is 28.1. The molecule has 8 nitrogen and oxygen atoms in total. The van der Waals surface area contributed by atoms with Crippen LogP contribution in [0, 0.1) is 22.0 Å². The van der Waals surface area contributed by atoms with Crippen LogP contribution in [-0.2, 0) is 10.0 Å². The summed E-state index contributed by atoms with van der Waals surface area (Å²) in [6.45, 7) is 2.11. The van der Waals surface area contributed by atoms with Crippen LogP contribution in [0.5, 0.6) is 0 Å². The summed E-state index contributed by atoms with van der Waals surface area (Å²) in [7, 11) is -4.19. The first-order valence-electron chi connectivity index (χ1n) is 9.17. The third-order valence-electron chi connectivity index (χ3n) is 3.91. The first-order valence-corrected chi connectivity index (χ1v) is 11.0. The zero-order valence-corrected chi connectivity index (χ0v) is 17.8. The van der Waals surface area contributed by atoms with Crippen LogP contribution in [0.25, 0.3) is 0 Å². The molecule has 0 bridgehead atoms. The SMILES string of the molecule is CCCCCC#C/C=N/Nc1ccc([N+](=O)[O-])cc1S(=O)(=O)Nc1ccccc1Cl. The summed E-state index contributed by atoms with van der Waals surface area (Å²) in [5.74, 6) is 5.70. The molecular formula is C20H21ClN4O4S. The van der Waals surface area contributed by atoms with E-state index in [1.54, 1.807) is 12.1 Å². The van der Waals surface area contributed by atoms with Crippen LogP contribution in [-0.4, -0.2) is 19.6 Å². The molecule has 0 radical (unpaired) electrons. The maximum absolute atomic E-state index is 12.9. The Morgan fingerprint density at radius 3 is 2.67 bits per heavy atom. The Kier molecular flexibility index (Phi) is 8.65. The van der Waals surface area contributed by atoms with E-state index in [4.69, 9.17) is 11.6 Å². The Hall–Kier alpha value is -3.09. The van der Waals surface area contributed by atoms with Gasteiger partial charge in [0.15, 0.2) is 0 Å². The molecule has 0 unspecified atom stereocenters. The summed E-state index contributed by atoms with van der Waals surface area (Å²) in [4.78, 5) is 10.1. The van der Waals surface area contributed by atoms with Crippen molar-refractivity contribution in [3.05, 3.63) is 57.6 Å². The maximum atomic E-state index is 12.9. The van der Waals surface area contributed by atoms with E-state index < -0.39 is 14.9 Å². The number of para-hydroxylation sites is 1. The zero-order chi connectivity index (χ0) is 22.0. The van der Waals surface area contributed by atoms with Crippen LogP contribution >= 0.6 is 11.6 Å². The highest BCUT2D eigenvalue weighted by molar-refractivity contribution is 7.93. The van der Waals surface area contributed by atoms with Gasteiger partial charge < -0.3 is 0 Å². The molecular weight excluding hydrogens is 428 g/mol. The topological polar surface area (TPSA) is 114 Å². The Balaban J connectivity index is 2.27. The quantitative estimate of drug-likeness (QED) is 0.183. The largest absolute Gasteiger partial charge is 0.278 e. The summed E-state index contributed by atoms with van der Waals surface area (Å²) in [6.07, 6.45) is 5.27. The Bertz CT molecular complexity index is 1090. The van der Waals surface area contributed by atoms with Gasteiger partial charge in [-0.1, -0.05) is 55.3 Å². The number of non-ortho nitro benzene ring substituents is 1. The molecule has 0 spiro atoms. The standard InChI is InChI=1S/C20H21ClN4O4S/c1-2-3-4-5-6-9-14-22-23-19-13-12-16(25(26)27)15-20(19)30(28,29)24-18-11-8-7-10-17(18)21/h7-8,10-15,23-24H,2-5H2,1H3/b22-14+. The summed E-state index contributed by atoms with van der Waals surface area (Å²) in [6, 6.07) is 9.67. The minimum Gasteiger partial charge on any atom is -0.278 e. The molecule has 0 amide bonds. The fourth-order valence-corrected chi connectivity index (χ4v) is 3.89. The number of sulfonamides is 1. The fraction of sp³-hybridized carbons (Fsp3) is 0.250. The number of halogens is 1. The number of benzene rings is 2. The highest BCUT2D eigenvalue weighted by Gasteiger charge is 2.23. The van der Waals surface area contributed by atoms with Gasteiger partial charge >= 0.3 is 0 Å². The third-order valence-corrected chi connectivity index (χ3v) is 5.64. The molecule has 2 rings (SSSR count). The molecule has 0 aromatic heterocycles. The predicted octanol–water partition coefficient (Wildman–Crippen LogP) is 5.03. The van der Waals surface area contributed by atoms with E-state index in [9.17, 15) is 18.5 Å². The van der Waals surface area contributed by atoms with Crippen molar-refractivity contribution in [2.24, 2.45) is 5.10 Å². The number of hydrogen-bond acceptors (Lipinski definition) is 6. The Labute approximate surface area is 180 Å². The van der Waals surface area contributed by atoms with Gasteiger partial charge in [-0.3, -0.25) is 20.3 Å². The van der Waals surface area contributed by atoms with Crippen LogP contribution in [0.15, 0.2) is 52.5 Å². The normalized spacial score (nSPS) is 11.0. The molecule has 0 saturated heterocycles. The second kappa shape index (κ2) is 11.2. The number of nitrogens with one attached hydrogen (secondary N) is 2. The number of hydrazone groups is 1. The molecule has 10 heteroatoms. The number of nitrogens with zero attached hydrogens (tertiary/aromatic N) is 2. The van der Waals surface area contributed by atoms with Crippen molar-refractivity contribution in [3.8, 4) is 11.8 Å². The molecule has 2 aromatic rings. The van der Waals surface area contributed by atoms with Gasteiger partial charge in [0.25, 0.3) is 15.7 Å². The van der Waals surface area contributed by atoms with Gasteiger partial charge in [0, 0.05) is 18.6 Å². The lowest BCUT2D eigenvalue weighted by molar-refractivity contribution is -0.385. The van der Waals surface area contributed by atoms with Crippen molar-refractivity contribution < 1.29 is 13.3 Å². The molecule has 0 saturated carbocycles. The Morgan fingerprint density at radius 1 is 1.20 bits per heavy atom. The zero-order valence-electron chi connectivity index (χ0n) is 16.3. The lowest BCUT2D eigenvalue weighted by Gasteiger charge is -2.12. The highest BCUT2D eigenvalue weighted by Crippen LogP contribution is 2.30. The van der Waals surface area contributed by atoms with E-state index in [0.29, 0.717) is 0 Å². The van der Waals surface area contributed by atoms with E-state index in [-0.39, 0.29) is 27.0 Å². The van der Waals surface area contributed by atoms with Crippen LogP contribution in [0.1, 0.15) is 32.6 Å². The van der Waals surface area contributed by atoms with Crippen molar-refractivity contribution in [1.29, 1.82) is 0 Å². The molecule has 0 aliphatic carbocycles. The van der Waals surface area contributed by atoms with Gasteiger partial charge in [-0.25, -0.2) is 8.42 Å². The van der Waals surface area contributed by atoms with Crippen molar-refractivity contribution in [2.45, 2.75) is 37.5 Å². The second-order valence-corrected chi connectivity index (χ2v) is 8.23. The van der Waals surface area contributed by atoms with Crippen LogP contribution < -0.4 is 10.1 Å². The van der Waals surface area contributed by atoms with Crippen molar-refractivity contribution in [1.82, 2.24) is 0 Å². The summed E-state index contributed by atoms with van der Waals surface area (Å²) in [5, 5.41) is 15.2. The van der Waals surface area contributed by atoms with Crippen LogP contribution in [0.2, 0.25) is 5.02 Å². The maximum Gasteiger partial charge on any atom is 0.270 e. The number of nitro groups is 1. The van der Waals surface area contributed by atoms with Crippen LogP contribution in [0.3, 0.4) is 0 Å². The number of anilines is 2. The van der Waals surface area contributed by atoms with Gasteiger partial charge in [-0.15, -0.1) is 0 Å². The van der Waals surface area contributed by atoms with E-state index in [2.05, 4.69) is 34.0 Å². The molecule has 158 valence electrons. The van der Waals surface area contributed by atoms with Gasteiger partial charge in [0.2, 0.25) is 0 Å². The van der Waals surface area contributed by atoms with Gasteiger partial charge in [-0.2, -0.15) is 5.10 Å². The van der Waals surface area contributed by atoms with Crippen molar-refractivity contribution >= 4 is 44.9 Å². The van der Waals surface area contributed by atoms with E-state index in [1.165, 1.54) is 30.5 Å². The van der Waals surface area contributed by atoms with Gasteiger partial charge in [-0.05, 0) is 24.6 Å². The lowest BCUT2D eigenvalue weighted by Crippen LogP contribution is -2.15. The lowest BCUT2D eigenvalue weighted by atomic mass is 10.2. The summed E-state index contributed by atoms with van der Waals surface area (Å²) in [5.41, 5.74) is 2.42. The first-order chi connectivity index (χ1) is 14.3. The first kappa shape index (κ1) is 23.2. The second-order valence-electron chi connectivity index (χ2n) is 6.17. The van der Waals surface area contributed by atoms with E-state index in [0.717, 1.165) is 31.7 Å². The number of unbranched alkanes of at least 4 members (excludes halogenated alkanes) is 3. The minimum atomic E-state index is -4.19. The fourth-order valence-electron chi connectivity index (χ4n) is 2.40. The van der Waals surface area contributed by atoms with Gasteiger partial charge in [0.1, 0.15) is 4.90 Å². The van der Waals surface area contributed by atoms with Crippen LogP contribution in [0.4, 0.5) is 17.1 Å². The van der Waals surface area contributed by atoms with Crippen molar-refractivity contribution in [3.63, 3.8) is 0 Å². The van der Waals surface area contributed by atoms with Gasteiger partial charge in [0.05, 0.1) is 27.5 Å². The molecule has 2 N–H and O–H groups in total. The molecule has 0 aliphatic rings. The average molecular weight is 449 g/mol. The smallest absolute Gasteiger partial charge is 0.270 e. The molecule has 30 heavy (non-hydrogen) atoms. The third kappa shape index (κ3) is 6.76. The molecule has 0 heterocycles. The Morgan fingerprint density at radius 2 is 1.97 bits per heavy atom. The monoisotopic (exact) mass is 448 g/mol. The molecule has 2 aromatic carbocycles. The van der Waals surface area contributed by atoms with E-state index >= 15 is 0 Å². The molecule has 0 aliphatic heterocycles. The average Bonchev–Trinajstić information content (AvgIpc) is 2.71. The number of nitro benzene ring substituents is 1. The summed E-state index contributed by atoms with van der Waals surface area (Å²) >= 11 is 6.01. The number of rotatable bonds is 9. The van der Waals surface area contributed by atoms with E-state index in [1.807, 2.05) is 0 Å². The van der Waals surface area contributed by atoms with Crippen molar-refractivity contribution in [2.75, 3.05) is 10.1 Å². The minimum absolute atomic E-state index is 0.0594. The molecule has 0 fully saturated rings. The highest BCUT2D eigenvalue weighted by atomic mass is 35.5. The number of hydrogen-bond donors (Lipinski definition) is 2.